The number of carbonyl (C=O) groups is 4. The first kappa shape index (κ1) is 44.4. The van der Waals surface area contributed by atoms with Crippen LogP contribution in [0.1, 0.15) is 83.3 Å². The molecule has 1 aliphatic carbocycles. The lowest BCUT2D eigenvalue weighted by Gasteiger charge is -2.51. The van der Waals surface area contributed by atoms with Crippen LogP contribution in [0.3, 0.4) is 0 Å². The zero-order valence-electron chi connectivity index (χ0n) is 37.3. The molecule has 1 saturated carbocycles. The van der Waals surface area contributed by atoms with Gasteiger partial charge in [0.25, 0.3) is 17.7 Å². The van der Waals surface area contributed by atoms with E-state index < -0.39 is 18.0 Å². The van der Waals surface area contributed by atoms with Crippen LogP contribution in [-0.4, -0.2) is 144 Å². The summed E-state index contributed by atoms with van der Waals surface area (Å²) in [6.07, 6.45) is 7.78. The molecule has 16 nitrogen and oxygen atoms in total. The number of nitrogens with zero attached hydrogens (tertiary/aromatic N) is 8. The molecule has 19 heteroatoms. The first-order valence-electron chi connectivity index (χ1n) is 23.2. The third-order valence-electron chi connectivity index (χ3n) is 15.2. The molecule has 1 spiro atoms. The third kappa shape index (κ3) is 8.23. The Balaban J connectivity index is 0.747. The van der Waals surface area contributed by atoms with E-state index in [1.54, 1.807) is 36.0 Å². The van der Waals surface area contributed by atoms with Crippen molar-refractivity contribution in [3.05, 3.63) is 76.1 Å². The number of urea groups is 1. The summed E-state index contributed by atoms with van der Waals surface area (Å²) in [5.74, 6) is -2.99. The standard InChI is InChI=1S/C47H56ClF2N11O5/c1-51-34-25-40(55-61-37(26-52-42(34)61)43(63)53-33-8-9-38(33)66-2)59-18-10-31-30(4-3-5-35(31)59)27-56-17-11-39(47(49,50)28-56)57-20-13-46(14-21-57)15-22-58(23-16-46)44(64)29-6-7-32(48)36(24-29)60-19-12-41(62)54-45(60)65/h3-7,24-26,33,38-39,51H,8-23,27-28H2,1-2H3,(H,53,63)(H,54,62,65)/t33-,38-,39?/m1/s1. The molecule has 5 fully saturated rings. The molecular formula is C47H56ClF2N11O5. The Bertz CT molecular complexity index is 2560. The van der Waals surface area contributed by atoms with Gasteiger partial charge in [0.05, 0.1) is 47.3 Å². The first-order chi connectivity index (χ1) is 31.8. The average Bonchev–Trinajstić information content (AvgIpc) is 3.94. The highest BCUT2D eigenvalue weighted by atomic mass is 35.5. The zero-order chi connectivity index (χ0) is 45.9. The van der Waals surface area contributed by atoms with Gasteiger partial charge in [0.15, 0.2) is 17.2 Å². The maximum atomic E-state index is 16.3. The van der Waals surface area contributed by atoms with E-state index in [4.69, 9.17) is 21.4 Å². The van der Waals surface area contributed by atoms with E-state index in [9.17, 15) is 19.2 Å². The second-order valence-electron chi connectivity index (χ2n) is 18.8. The molecule has 5 aliphatic heterocycles. The van der Waals surface area contributed by atoms with Crippen LogP contribution in [0, 0.1) is 5.41 Å². The molecule has 2 aromatic carbocycles. The maximum absolute atomic E-state index is 16.3. The van der Waals surface area contributed by atoms with Crippen molar-refractivity contribution in [2.45, 2.75) is 88.4 Å². The summed E-state index contributed by atoms with van der Waals surface area (Å²) in [6.45, 7) is 3.85. The third-order valence-corrected chi connectivity index (χ3v) is 15.5. The van der Waals surface area contributed by atoms with Gasteiger partial charge in [-0.1, -0.05) is 23.7 Å². The number of carbonyl (C=O) groups excluding carboxylic acids is 4. The number of hydrogen-bond donors (Lipinski definition) is 3. The first-order valence-corrected chi connectivity index (χ1v) is 23.5. The topological polar surface area (TPSA) is 160 Å². The van der Waals surface area contributed by atoms with Crippen LogP contribution in [0.15, 0.2) is 48.7 Å². The molecule has 0 radical (unpaired) electrons. The number of aromatic nitrogens is 3. The Labute approximate surface area is 386 Å². The van der Waals surface area contributed by atoms with Crippen molar-refractivity contribution in [3.8, 4) is 0 Å². The van der Waals surface area contributed by atoms with Gasteiger partial charge in [-0.2, -0.15) is 0 Å². The van der Waals surface area contributed by atoms with Crippen molar-refractivity contribution in [1.29, 1.82) is 0 Å². The van der Waals surface area contributed by atoms with Crippen LogP contribution in [-0.2, 0) is 22.5 Å². The molecular weight excluding hydrogens is 872 g/mol. The van der Waals surface area contributed by atoms with Crippen molar-refractivity contribution < 1.29 is 32.7 Å². The normalized spacial score (nSPS) is 24.3. The lowest BCUT2D eigenvalue weighted by Crippen LogP contribution is -2.60. The fourth-order valence-electron chi connectivity index (χ4n) is 11.1. The summed E-state index contributed by atoms with van der Waals surface area (Å²) in [5, 5.41) is 13.8. The summed E-state index contributed by atoms with van der Waals surface area (Å²) in [5.41, 5.74) is 5.54. The number of hydrogen-bond acceptors (Lipinski definition) is 11. The van der Waals surface area contributed by atoms with Crippen molar-refractivity contribution in [2.24, 2.45) is 5.41 Å². The minimum atomic E-state index is -2.88. The zero-order valence-corrected chi connectivity index (χ0v) is 38.1. The monoisotopic (exact) mass is 927 g/mol. The maximum Gasteiger partial charge on any atom is 0.328 e. The van der Waals surface area contributed by atoms with Gasteiger partial charge in [-0.05, 0) is 105 Å². The van der Waals surface area contributed by atoms with E-state index in [-0.39, 0.29) is 54.8 Å². The molecule has 350 valence electrons. The highest BCUT2D eigenvalue weighted by Crippen LogP contribution is 2.45. The lowest BCUT2D eigenvalue weighted by atomic mass is 9.70. The second-order valence-corrected chi connectivity index (χ2v) is 19.2. The number of anilines is 4. The number of ether oxygens (including phenoxy) is 1. The van der Waals surface area contributed by atoms with E-state index in [0.717, 1.165) is 67.4 Å². The average molecular weight is 928 g/mol. The van der Waals surface area contributed by atoms with E-state index in [1.807, 2.05) is 46.0 Å². The summed E-state index contributed by atoms with van der Waals surface area (Å²) in [6, 6.07) is 11.4. The van der Waals surface area contributed by atoms with E-state index >= 15 is 8.78 Å². The van der Waals surface area contributed by atoms with Gasteiger partial charge in [0, 0.05) is 77.2 Å². The number of likely N-dealkylation sites (tertiary alicyclic amines) is 3. The Morgan fingerprint density at radius 1 is 0.924 bits per heavy atom. The predicted octanol–water partition coefficient (Wildman–Crippen LogP) is 5.70. The van der Waals surface area contributed by atoms with Crippen LogP contribution in [0.25, 0.3) is 5.65 Å². The highest BCUT2D eigenvalue weighted by molar-refractivity contribution is 6.34. The summed E-state index contributed by atoms with van der Waals surface area (Å²) in [4.78, 5) is 65.0. The van der Waals surface area contributed by atoms with E-state index in [1.165, 1.54) is 4.90 Å². The van der Waals surface area contributed by atoms with Gasteiger partial charge in [-0.3, -0.25) is 34.4 Å². The van der Waals surface area contributed by atoms with Gasteiger partial charge >= 0.3 is 6.03 Å². The van der Waals surface area contributed by atoms with E-state index in [0.29, 0.717) is 85.7 Å². The number of benzene rings is 2. The number of fused-ring (bicyclic) bond motifs is 2. The fourth-order valence-corrected chi connectivity index (χ4v) is 11.3. The van der Waals surface area contributed by atoms with Gasteiger partial charge in [0.2, 0.25) is 5.91 Å². The number of halogens is 3. The lowest BCUT2D eigenvalue weighted by molar-refractivity contribution is -0.139. The molecule has 3 N–H and O–H groups in total. The minimum Gasteiger partial charge on any atom is -0.385 e. The Kier molecular flexibility index (Phi) is 11.9. The fraction of sp³-hybridized carbons (Fsp3) is 0.532. The van der Waals surface area contributed by atoms with Crippen LogP contribution in [0.2, 0.25) is 5.02 Å². The van der Waals surface area contributed by atoms with Crippen LogP contribution in [0.5, 0.6) is 0 Å². The molecule has 4 aromatic rings. The Morgan fingerprint density at radius 2 is 1.70 bits per heavy atom. The largest absolute Gasteiger partial charge is 0.385 e. The van der Waals surface area contributed by atoms with Crippen molar-refractivity contribution in [2.75, 3.05) is 81.6 Å². The second kappa shape index (κ2) is 17.7. The van der Waals surface area contributed by atoms with Gasteiger partial charge in [-0.15, -0.1) is 5.10 Å². The summed E-state index contributed by atoms with van der Waals surface area (Å²) >= 11 is 6.43. The number of piperidine rings is 3. The number of nitrogens with one attached hydrogen (secondary N) is 3. The van der Waals surface area contributed by atoms with Gasteiger partial charge < -0.3 is 25.2 Å². The van der Waals surface area contributed by atoms with Crippen molar-refractivity contribution in [1.82, 2.24) is 39.9 Å². The number of methoxy groups -OCH3 is 1. The van der Waals surface area contributed by atoms with Crippen LogP contribution >= 0.6 is 11.6 Å². The van der Waals surface area contributed by atoms with E-state index in [2.05, 4.69) is 25.8 Å². The van der Waals surface area contributed by atoms with Crippen LogP contribution in [0.4, 0.5) is 36.5 Å². The van der Waals surface area contributed by atoms with Crippen molar-refractivity contribution in [3.63, 3.8) is 0 Å². The number of imide groups is 1. The molecule has 2 aromatic heterocycles. The quantitative estimate of drug-likeness (QED) is 0.179. The highest BCUT2D eigenvalue weighted by Gasteiger charge is 2.50. The number of imidazole rings is 1. The molecule has 1 unspecified atom stereocenters. The Hall–Kier alpha value is -5.43. The number of alkyl halides is 2. The molecule has 66 heavy (non-hydrogen) atoms. The Morgan fingerprint density at radius 3 is 2.41 bits per heavy atom. The number of rotatable bonds is 10. The van der Waals surface area contributed by atoms with Crippen molar-refractivity contribution >= 4 is 63.9 Å². The summed E-state index contributed by atoms with van der Waals surface area (Å²) < 4.78 is 39.6. The smallest absolute Gasteiger partial charge is 0.328 e. The molecule has 5 amide bonds. The predicted molar refractivity (Wildman–Crippen MR) is 245 cm³/mol. The molecule has 7 heterocycles. The SMILES string of the molecule is CNc1cc(N2CCc3c(CN4CCC(N5CCC6(CCN(C(=O)c7ccc(Cl)c(N8CCC(=O)NC8=O)c7)CC6)CC5)C(F)(F)C4)cccc32)nn2c(C(=O)N[C@@H]3CC[C@H]3OC)cnc12. The molecule has 3 atom stereocenters. The molecule has 0 bridgehead atoms. The molecule has 10 rings (SSSR count). The van der Waals surface area contributed by atoms with Gasteiger partial charge in [0.1, 0.15) is 0 Å². The number of amides is 5. The molecule has 6 aliphatic rings. The summed E-state index contributed by atoms with van der Waals surface area (Å²) in [7, 11) is 3.46. The van der Waals surface area contributed by atoms with Crippen LogP contribution < -0.4 is 25.8 Å². The minimum absolute atomic E-state index is 0.00376. The molecule has 4 saturated heterocycles. The van der Waals surface area contributed by atoms with Gasteiger partial charge in [-0.25, -0.2) is 23.1 Å².